The Bertz CT molecular complexity index is 336. The molecule has 0 spiro atoms. The van der Waals surface area contributed by atoms with Gasteiger partial charge in [-0.2, -0.15) is 0 Å². The van der Waals surface area contributed by atoms with E-state index in [2.05, 4.69) is 0 Å². The van der Waals surface area contributed by atoms with Crippen LogP contribution >= 0.6 is 11.6 Å². The molecule has 0 bridgehead atoms. The summed E-state index contributed by atoms with van der Waals surface area (Å²) in [6.45, 7) is 0.199. The van der Waals surface area contributed by atoms with Crippen LogP contribution in [0.5, 0.6) is 5.75 Å². The van der Waals surface area contributed by atoms with E-state index in [9.17, 15) is 4.79 Å². The van der Waals surface area contributed by atoms with Gasteiger partial charge in [0.1, 0.15) is 5.75 Å². The number of methoxy groups -OCH3 is 1. The Morgan fingerprint density at radius 3 is 2.50 bits per heavy atom. The van der Waals surface area contributed by atoms with Gasteiger partial charge in [0.05, 0.1) is 13.7 Å². The molecule has 1 aromatic carbocycles. The number of hydrogen-bond donors (Lipinski definition) is 1. The quantitative estimate of drug-likeness (QED) is 0.779. The Morgan fingerprint density at radius 2 is 2.06 bits per heavy atom. The SMILES string of the molecule is COc1ccc(C(OCCCl)C(=O)O)cc1. The average Bonchev–Trinajstić information content (AvgIpc) is 2.30. The molecule has 0 saturated carbocycles. The lowest BCUT2D eigenvalue weighted by Crippen LogP contribution is -2.16. The van der Waals surface area contributed by atoms with E-state index in [0.29, 0.717) is 11.3 Å². The summed E-state index contributed by atoms with van der Waals surface area (Å²) in [5.41, 5.74) is 0.568. The van der Waals surface area contributed by atoms with E-state index in [-0.39, 0.29) is 12.5 Å². The van der Waals surface area contributed by atoms with E-state index in [4.69, 9.17) is 26.2 Å². The summed E-state index contributed by atoms with van der Waals surface area (Å²) in [5, 5.41) is 8.98. The second-order valence-corrected chi connectivity index (χ2v) is 3.43. The first-order valence-corrected chi connectivity index (χ1v) is 5.26. The van der Waals surface area contributed by atoms with Crippen molar-refractivity contribution in [3.63, 3.8) is 0 Å². The molecule has 5 heteroatoms. The second-order valence-electron chi connectivity index (χ2n) is 3.05. The first-order valence-electron chi connectivity index (χ1n) is 4.73. The molecule has 0 saturated heterocycles. The van der Waals surface area contributed by atoms with Gasteiger partial charge in [-0.05, 0) is 17.7 Å². The number of benzene rings is 1. The molecule has 1 unspecified atom stereocenters. The van der Waals surface area contributed by atoms with Crippen LogP contribution < -0.4 is 4.74 Å². The predicted octanol–water partition coefficient (Wildman–Crippen LogP) is 2.08. The highest BCUT2D eigenvalue weighted by molar-refractivity contribution is 6.17. The summed E-state index contributed by atoms with van der Waals surface area (Å²) in [5.74, 6) is -0.0968. The third-order valence-corrected chi connectivity index (χ3v) is 2.16. The number of alkyl halides is 1. The topological polar surface area (TPSA) is 55.8 Å². The molecule has 0 aliphatic heterocycles. The van der Waals surface area contributed by atoms with Gasteiger partial charge in [0, 0.05) is 5.88 Å². The zero-order valence-electron chi connectivity index (χ0n) is 8.85. The number of ether oxygens (including phenoxy) is 2. The van der Waals surface area contributed by atoms with Crippen LogP contribution in [0.3, 0.4) is 0 Å². The van der Waals surface area contributed by atoms with Crippen molar-refractivity contribution in [2.24, 2.45) is 0 Å². The number of carboxylic acids is 1. The number of hydrogen-bond acceptors (Lipinski definition) is 3. The lowest BCUT2D eigenvalue weighted by Gasteiger charge is -2.13. The van der Waals surface area contributed by atoms with Crippen molar-refractivity contribution < 1.29 is 19.4 Å². The second kappa shape index (κ2) is 6.35. The third-order valence-electron chi connectivity index (χ3n) is 2.00. The molecule has 1 rings (SSSR count). The van der Waals surface area contributed by atoms with Crippen LogP contribution in [0.2, 0.25) is 0 Å². The van der Waals surface area contributed by atoms with Crippen molar-refractivity contribution in [1.82, 2.24) is 0 Å². The van der Waals surface area contributed by atoms with Gasteiger partial charge in [-0.1, -0.05) is 12.1 Å². The molecular weight excluding hydrogens is 232 g/mol. The minimum absolute atomic E-state index is 0.199. The molecule has 0 heterocycles. The van der Waals surface area contributed by atoms with Gasteiger partial charge < -0.3 is 14.6 Å². The van der Waals surface area contributed by atoms with Gasteiger partial charge in [0.15, 0.2) is 6.10 Å². The van der Waals surface area contributed by atoms with Gasteiger partial charge in [-0.15, -0.1) is 11.6 Å². The Kier molecular flexibility index (Phi) is 5.08. The summed E-state index contributed by atoms with van der Waals surface area (Å²) < 4.78 is 10.1. The Balaban J connectivity index is 2.79. The molecular formula is C11H13ClO4. The van der Waals surface area contributed by atoms with Crippen LogP contribution in [-0.2, 0) is 9.53 Å². The van der Waals surface area contributed by atoms with E-state index >= 15 is 0 Å². The summed E-state index contributed by atoms with van der Waals surface area (Å²) >= 11 is 5.45. The Morgan fingerprint density at radius 1 is 1.44 bits per heavy atom. The van der Waals surface area contributed by atoms with Crippen molar-refractivity contribution in [3.05, 3.63) is 29.8 Å². The molecule has 16 heavy (non-hydrogen) atoms. The fraction of sp³-hybridized carbons (Fsp3) is 0.364. The molecule has 88 valence electrons. The van der Waals surface area contributed by atoms with Gasteiger partial charge in [-0.25, -0.2) is 4.79 Å². The maximum Gasteiger partial charge on any atom is 0.337 e. The maximum absolute atomic E-state index is 11.0. The van der Waals surface area contributed by atoms with Crippen LogP contribution in [0.15, 0.2) is 24.3 Å². The van der Waals surface area contributed by atoms with Gasteiger partial charge in [0.2, 0.25) is 0 Å². The van der Waals surface area contributed by atoms with E-state index < -0.39 is 12.1 Å². The van der Waals surface area contributed by atoms with Crippen LogP contribution in [0.1, 0.15) is 11.7 Å². The fourth-order valence-electron chi connectivity index (χ4n) is 1.25. The highest BCUT2D eigenvalue weighted by atomic mass is 35.5. The van der Waals surface area contributed by atoms with Crippen LogP contribution in [0.25, 0.3) is 0 Å². The summed E-state index contributed by atoms with van der Waals surface area (Å²) in [4.78, 5) is 11.0. The molecule has 0 fully saturated rings. The molecule has 1 N–H and O–H groups in total. The van der Waals surface area contributed by atoms with E-state index in [1.165, 1.54) is 0 Å². The molecule has 0 aliphatic carbocycles. The minimum atomic E-state index is -1.03. The molecule has 0 radical (unpaired) electrons. The minimum Gasteiger partial charge on any atom is -0.497 e. The van der Waals surface area contributed by atoms with Crippen molar-refractivity contribution in [2.75, 3.05) is 19.6 Å². The molecule has 1 atom stereocenters. The zero-order chi connectivity index (χ0) is 12.0. The normalized spacial score (nSPS) is 12.1. The van der Waals surface area contributed by atoms with Gasteiger partial charge >= 0.3 is 5.97 Å². The highest BCUT2D eigenvalue weighted by Crippen LogP contribution is 2.20. The number of halogens is 1. The van der Waals surface area contributed by atoms with Crippen molar-refractivity contribution in [1.29, 1.82) is 0 Å². The van der Waals surface area contributed by atoms with Gasteiger partial charge in [0.25, 0.3) is 0 Å². The van der Waals surface area contributed by atoms with Crippen LogP contribution in [0.4, 0.5) is 0 Å². The lowest BCUT2D eigenvalue weighted by atomic mass is 10.1. The Hall–Kier alpha value is -1.26. The van der Waals surface area contributed by atoms with E-state index in [1.54, 1.807) is 31.4 Å². The summed E-state index contributed by atoms with van der Waals surface area (Å²) in [6, 6.07) is 6.70. The first kappa shape index (κ1) is 12.8. The average molecular weight is 245 g/mol. The van der Waals surface area contributed by atoms with Crippen molar-refractivity contribution in [3.8, 4) is 5.75 Å². The highest BCUT2D eigenvalue weighted by Gasteiger charge is 2.20. The van der Waals surface area contributed by atoms with Crippen molar-refractivity contribution >= 4 is 17.6 Å². The summed E-state index contributed by atoms with van der Waals surface area (Å²) in [7, 11) is 1.55. The number of carboxylic acid groups (broad SMARTS) is 1. The fourth-order valence-corrected chi connectivity index (χ4v) is 1.34. The van der Waals surface area contributed by atoms with Gasteiger partial charge in [-0.3, -0.25) is 0 Å². The van der Waals surface area contributed by atoms with Crippen molar-refractivity contribution in [2.45, 2.75) is 6.10 Å². The predicted molar refractivity (Wildman–Crippen MR) is 60.0 cm³/mol. The summed E-state index contributed by atoms with van der Waals surface area (Å²) in [6.07, 6.45) is -0.982. The third kappa shape index (κ3) is 3.40. The molecule has 1 aromatic rings. The number of aliphatic carboxylic acids is 1. The Labute approximate surface area is 98.7 Å². The number of rotatable bonds is 6. The van der Waals surface area contributed by atoms with Crippen LogP contribution in [-0.4, -0.2) is 30.7 Å². The zero-order valence-corrected chi connectivity index (χ0v) is 9.61. The van der Waals surface area contributed by atoms with E-state index in [0.717, 1.165) is 0 Å². The lowest BCUT2D eigenvalue weighted by molar-refractivity contribution is -0.150. The maximum atomic E-state index is 11.0. The molecule has 0 amide bonds. The number of carbonyl (C=O) groups is 1. The smallest absolute Gasteiger partial charge is 0.337 e. The first-order chi connectivity index (χ1) is 7.69. The van der Waals surface area contributed by atoms with E-state index in [1.807, 2.05) is 0 Å². The van der Waals surface area contributed by atoms with Crippen LogP contribution in [0, 0.1) is 0 Å². The standard InChI is InChI=1S/C11H13ClO4/c1-15-9-4-2-8(3-5-9)10(11(13)14)16-7-6-12/h2-5,10H,6-7H2,1H3,(H,13,14). The molecule has 0 aromatic heterocycles. The monoisotopic (exact) mass is 244 g/mol. The largest absolute Gasteiger partial charge is 0.497 e. The molecule has 4 nitrogen and oxygen atoms in total. The molecule has 0 aliphatic rings.